The topological polar surface area (TPSA) is 41.5 Å². The summed E-state index contributed by atoms with van der Waals surface area (Å²) in [7, 11) is 0. The molecule has 0 aliphatic heterocycles. The maximum absolute atomic E-state index is 9.94. The zero-order valence-electron chi connectivity index (χ0n) is 13.0. The molecular weight excluding hydrogens is 398 g/mol. The number of benzene rings is 1. The Bertz CT molecular complexity index is 415. The zero-order valence-corrected chi connectivity index (χ0v) is 16.1. The van der Waals surface area contributed by atoms with Crippen molar-refractivity contribution < 1.29 is 9.84 Å². The Kier molecular flexibility index (Phi) is 8.86. The molecule has 0 heterocycles. The van der Waals surface area contributed by atoms with Crippen LogP contribution in [0, 0.1) is 12.8 Å². The fraction of sp³-hybridized carbons (Fsp3) is 0.625. The fourth-order valence-corrected chi connectivity index (χ4v) is 3.66. The van der Waals surface area contributed by atoms with Crippen LogP contribution in [-0.2, 0) is 4.74 Å². The van der Waals surface area contributed by atoms with Gasteiger partial charge in [0.1, 0.15) is 0 Å². The molecule has 0 spiro atoms. The Hall–Kier alpha value is -0.100. The van der Waals surface area contributed by atoms with Gasteiger partial charge in [0, 0.05) is 22.1 Å². The number of ether oxygens (including phenoxy) is 1. The van der Waals surface area contributed by atoms with Gasteiger partial charge in [0.2, 0.25) is 0 Å². The molecule has 0 bridgehead atoms. The average molecular weight is 423 g/mol. The Morgan fingerprint density at radius 2 is 1.86 bits per heavy atom. The predicted molar refractivity (Wildman–Crippen MR) is 96.0 cm³/mol. The second-order valence-electron chi connectivity index (χ2n) is 5.75. The Labute approximate surface area is 144 Å². The predicted octanol–water partition coefficient (Wildman–Crippen LogP) is 4.75. The van der Waals surface area contributed by atoms with E-state index in [0.717, 1.165) is 27.5 Å². The summed E-state index contributed by atoms with van der Waals surface area (Å²) >= 11 is 7.06. The van der Waals surface area contributed by atoms with Crippen molar-refractivity contribution in [1.29, 1.82) is 0 Å². The highest BCUT2D eigenvalue weighted by Gasteiger charge is 2.09. The molecule has 5 heteroatoms. The molecule has 0 saturated carbocycles. The van der Waals surface area contributed by atoms with Gasteiger partial charge in [-0.15, -0.1) is 0 Å². The number of aliphatic hydroxyl groups excluding tert-OH is 1. The van der Waals surface area contributed by atoms with Crippen LogP contribution in [0.15, 0.2) is 21.1 Å². The minimum atomic E-state index is -0.510. The van der Waals surface area contributed by atoms with Gasteiger partial charge in [-0.1, -0.05) is 13.8 Å². The lowest BCUT2D eigenvalue weighted by molar-refractivity contribution is 0.0409. The maximum Gasteiger partial charge on any atom is 0.0945 e. The summed E-state index contributed by atoms with van der Waals surface area (Å²) in [5, 5.41) is 13.2. The first-order valence-electron chi connectivity index (χ1n) is 7.35. The highest BCUT2D eigenvalue weighted by molar-refractivity contribution is 9.11. The Balaban J connectivity index is 2.29. The first-order chi connectivity index (χ1) is 9.90. The van der Waals surface area contributed by atoms with Gasteiger partial charge in [-0.25, -0.2) is 0 Å². The van der Waals surface area contributed by atoms with Crippen molar-refractivity contribution in [2.45, 2.75) is 39.7 Å². The largest absolute Gasteiger partial charge is 0.389 e. The van der Waals surface area contributed by atoms with Gasteiger partial charge in [-0.05, 0) is 75.2 Å². The Morgan fingerprint density at radius 1 is 1.24 bits per heavy atom. The van der Waals surface area contributed by atoms with Crippen molar-refractivity contribution in [1.82, 2.24) is 0 Å². The van der Waals surface area contributed by atoms with Gasteiger partial charge in [0.25, 0.3) is 0 Å². The van der Waals surface area contributed by atoms with Crippen molar-refractivity contribution in [2.75, 3.05) is 25.1 Å². The smallest absolute Gasteiger partial charge is 0.0945 e. The van der Waals surface area contributed by atoms with Gasteiger partial charge in [0.05, 0.1) is 18.4 Å². The quantitative estimate of drug-likeness (QED) is 0.564. The summed E-state index contributed by atoms with van der Waals surface area (Å²) in [5.74, 6) is 0.705. The third kappa shape index (κ3) is 7.63. The monoisotopic (exact) mass is 421 g/mol. The summed E-state index contributed by atoms with van der Waals surface area (Å²) in [6, 6.07) is 4.09. The molecular formula is C16H25Br2NO2. The van der Waals surface area contributed by atoms with Crippen LogP contribution in [0.3, 0.4) is 0 Å². The molecule has 0 saturated heterocycles. The summed E-state index contributed by atoms with van der Waals surface area (Å²) in [6.45, 7) is 8.00. The Morgan fingerprint density at radius 3 is 2.43 bits per heavy atom. The summed E-state index contributed by atoms with van der Waals surface area (Å²) in [5.41, 5.74) is 2.13. The van der Waals surface area contributed by atoms with Crippen molar-refractivity contribution in [3.8, 4) is 0 Å². The lowest BCUT2D eigenvalue weighted by atomic mass is 10.1. The van der Waals surface area contributed by atoms with Crippen LogP contribution in [0.5, 0.6) is 0 Å². The van der Waals surface area contributed by atoms with E-state index in [4.69, 9.17) is 4.74 Å². The molecule has 0 amide bonds. The van der Waals surface area contributed by atoms with E-state index in [1.165, 1.54) is 5.56 Å². The van der Waals surface area contributed by atoms with E-state index in [1.54, 1.807) is 0 Å². The summed E-state index contributed by atoms with van der Waals surface area (Å²) in [6.07, 6.45) is 1.70. The van der Waals surface area contributed by atoms with Crippen molar-refractivity contribution in [3.05, 3.63) is 26.6 Å². The standard InChI is InChI=1S/C16H25Br2NO2/c1-11(2)5-4-6-21-10-13(20)9-19-16-14(17)7-12(3)8-15(16)18/h7-8,11,13,19-20H,4-6,9-10H2,1-3H3. The number of nitrogens with one attached hydrogen (secondary N) is 1. The van der Waals surface area contributed by atoms with E-state index < -0.39 is 6.10 Å². The minimum absolute atomic E-state index is 0.367. The third-order valence-electron chi connectivity index (χ3n) is 3.08. The molecule has 120 valence electrons. The molecule has 0 radical (unpaired) electrons. The number of hydrogen-bond donors (Lipinski definition) is 2. The molecule has 0 fully saturated rings. The second kappa shape index (κ2) is 9.82. The van der Waals surface area contributed by atoms with Gasteiger partial charge in [-0.3, -0.25) is 0 Å². The molecule has 3 nitrogen and oxygen atoms in total. The molecule has 0 aliphatic rings. The molecule has 1 aromatic carbocycles. The SMILES string of the molecule is Cc1cc(Br)c(NCC(O)COCCCC(C)C)c(Br)c1. The maximum atomic E-state index is 9.94. The minimum Gasteiger partial charge on any atom is -0.389 e. The van der Waals surface area contributed by atoms with Crippen LogP contribution in [0.25, 0.3) is 0 Å². The lowest BCUT2D eigenvalue weighted by Crippen LogP contribution is -2.25. The number of anilines is 1. The molecule has 0 aromatic heterocycles. The lowest BCUT2D eigenvalue weighted by Gasteiger charge is -2.16. The molecule has 1 atom stereocenters. The van der Waals surface area contributed by atoms with Crippen molar-refractivity contribution in [3.63, 3.8) is 0 Å². The highest BCUT2D eigenvalue weighted by Crippen LogP contribution is 2.32. The molecule has 2 N–H and O–H groups in total. The van der Waals surface area contributed by atoms with Gasteiger partial charge >= 0.3 is 0 Å². The zero-order chi connectivity index (χ0) is 15.8. The van der Waals surface area contributed by atoms with Gasteiger partial charge in [0.15, 0.2) is 0 Å². The number of halogens is 2. The van der Waals surface area contributed by atoms with Crippen LogP contribution < -0.4 is 5.32 Å². The van der Waals surface area contributed by atoms with Gasteiger partial charge < -0.3 is 15.2 Å². The molecule has 21 heavy (non-hydrogen) atoms. The van der Waals surface area contributed by atoms with E-state index in [0.29, 0.717) is 25.7 Å². The van der Waals surface area contributed by atoms with Crippen LogP contribution in [0.4, 0.5) is 5.69 Å². The number of hydrogen-bond acceptors (Lipinski definition) is 3. The number of aliphatic hydroxyl groups is 1. The van der Waals surface area contributed by atoms with Crippen LogP contribution in [0.1, 0.15) is 32.3 Å². The first kappa shape index (κ1) is 18.9. The number of rotatable bonds is 9. The van der Waals surface area contributed by atoms with E-state index in [9.17, 15) is 5.11 Å². The fourth-order valence-electron chi connectivity index (χ4n) is 1.96. The van der Waals surface area contributed by atoms with Crippen LogP contribution >= 0.6 is 31.9 Å². The molecule has 1 rings (SSSR count). The van der Waals surface area contributed by atoms with E-state index >= 15 is 0 Å². The van der Waals surface area contributed by atoms with Crippen LogP contribution in [-0.4, -0.2) is 31.0 Å². The number of aryl methyl sites for hydroxylation is 1. The van der Waals surface area contributed by atoms with Gasteiger partial charge in [-0.2, -0.15) is 0 Å². The summed E-state index contributed by atoms with van der Waals surface area (Å²) < 4.78 is 7.47. The normalized spacial score (nSPS) is 12.7. The third-order valence-corrected chi connectivity index (χ3v) is 4.33. The average Bonchev–Trinajstić information content (AvgIpc) is 2.36. The van der Waals surface area contributed by atoms with E-state index in [1.807, 2.05) is 19.1 Å². The molecule has 0 aliphatic carbocycles. The van der Waals surface area contributed by atoms with Crippen LogP contribution in [0.2, 0.25) is 0 Å². The summed E-state index contributed by atoms with van der Waals surface area (Å²) in [4.78, 5) is 0. The van der Waals surface area contributed by atoms with Crippen molar-refractivity contribution >= 4 is 37.5 Å². The van der Waals surface area contributed by atoms with Crippen molar-refractivity contribution in [2.24, 2.45) is 5.92 Å². The first-order valence-corrected chi connectivity index (χ1v) is 8.94. The highest BCUT2D eigenvalue weighted by atomic mass is 79.9. The second-order valence-corrected chi connectivity index (χ2v) is 7.46. The van der Waals surface area contributed by atoms with E-state index in [-0.39, 0.29) is 0 Å². The molecule has 1 unspecified atom stereocenters. The van der Waals surface area contributed by atoms with E-state index in [2.05, 4.69) is 51.0 Å². The molecule has 1 aromatic rings.